The lowest BCUT2D eigenvalue weighted by atomic mass is 9.48. The van der Waals surface area contributed by atoms with E-state index < -0.39 is 0 Å². The minimum atomic E-state index is -0.0117. The Bertz CT molecular complexity index is 307. The summed E-state index contributed by atoms with van der Waals surface area (Å²) in [5.41, 5.74) is 6.21. The highest BCUT2D eigenvalue weighted by molar-refractivity contribution is 5.79. The molecule has 3 heteroatoms. The van der Waals surface area contributed by atoms with Crippen LogP contribution in [-0.4, -0.2) is 18.0 Å². The summed E-state index contributed by atoms with van der Waals surface area (Å²) in [7, 11) is 0. The molecule has 3 nitrogen and oxygen atoms in total. The minimum Gasteiger partial charge on any atom is -0.352 e. The first-order valence-electron chi connectivity index (χ1n) is 7.75. The maximum atomic E-state index is 12.4. The van der Waals surface area contributed by atoms with Gasteiger partial charge in [-0.1, -0.05) is 54.4 Å². The van der Waals surface area contributed by atoms with Gasteiger partial charge in [0.05, 0.1) is 0 Å². The monoisotopic (exact) mass is 268 g/mol. The Morgan fingerprint density at radius 1 is 1.21 bits per heavy atom. The van der Waals surface area contributed by atoms with Crippen LogP contribution in [0.1, 0.15) is 67.2 Å². The van der Waals surface area contributed by atoms with Gasteiger partial charge in [-0.15, -0.1) is 0 Å². The van der Waals surface area contributed by atoms with Crippen molar-refractivity contribution in [1.29, 1.82) is 0 Å². The van der Waals surface area contributed by atoms with E-state index in [9.17, 15) is 4.79 Å². The Kier molecular flexibility index (Phi) is 5.05. The molecule has 1 amide bonds. The van der Waals surface area contributed by atoms with Crippen molar-refractivity contribution in [3.63, 3.8) is 0 Å². The molecule has 0 bridgehead atoms. The van der Waals surface area contributed by atoms with Gasteiger partial charge in [-0.3, -0.25) is 4.79 Å². The van der Waals surface area contributed by atoms with Crippen LogP contribution in [0.5, 0.6) is 0 Å². The third-order valence-electron chi connectivity index (χ3n) is 5.15. The Balaban J connectivity index is 2.66. The van der Waals surface area contributed by atoms with Crippen molar-refractivity contribution >= 4 is 5.91 Å². The Morgan fingerprint density at radius 3 is 2.16 bits per heavy atom. The molecule has 0 aromatic rings. The summed E-state index contributed by atoms with van der Waals surface area (Å²) in [5.74, 6) is 0.373. The highest BCUT2D eigenvalue weighted by Crippen LogP contribution is 2.52. The van der Waals surface area contributed by atoms with Crippen LogP contribution in [0.3, 0.4) is 0 Å². The van der Waals surface area contributed by atoms with Gasteiger partial charge >= 0.3 is 0 Å². The van der Waals surface area contributed by atoms with Crippen molar-refractivity contribution in [3.8, 4) is 0 Å². The first kappa shape index (κ1) is 16.5. The van der Waals surface area contributed by atoms with Crippen molar-refractivity contribution in [1.82, 2.24) is 5.32 Å². The predicted molar refractivity (Wildman–Crippen MR) is 80.8 cm³/mol. The van der Waals surface area contributed by atoms with E-state index in [-0.39, 0.29) is 34.7 Å². The normalized spacial score (nSPS) is 29.4. The number of hydrogen-bond donors (Lipinski definition) is 2. The fourth-order valence-corrected chi connectivity index (χ4v) is 3.78. The minimum absolute atomic E-state index is 0.0117. The summed E-state index contributed by atoms with van der Waals surface area (Å²) in [6.45, 7) is 12.9. The van der Waals surface area contributed by atoms with Gasteiger partial charge in [-0.25, -0.2) is 0 Å². The molecule has 1 aliphatic carbocycles. The number of nitrogens with one attached hydrogen (secondary N) is 1. The van der Waals surface area contributed by atoms with E-state index in [2.05, 4.69) is 46.9 Å². The molecule has 1 rings (SSSR count). The summed E-state index contributed by atoms with van der Waals surface area (Å²) >= 11 is 0. The second kappa shape index (κ2) is 5.82. The van der Waals surface area contributed by atoms with Gasteiger partial charge in [-0.05, 0) is 12.8 Å². The van der Waals surface area contributed by atoms with Gasteiger partial charge in [0.1, 0.15) is 0 Å². The lowest BCUT2D eigenvalue weighted by Gasteiger charge is -2.63. The van der Waals surface area contributed by atoms with Gasteiger partial charge < -0.3 is 11.1 Å². The Hall–Kier alpha value is -0.570. The first-order valence-corrected chi connectivity index (χ1v) is 7.75. The topological polar surface area (TPSA) is 55.1 Å². The van der Waals surface area contributed by atoms with Crippen LogP contribution in [0, 0.1) is 16.7 Å². The molecule has 0 heterocycles. The lowest BCUT2D eigenvalue weighted by Crippen LogP contribution is -2.76. The van der Waals surface area contributed by atoms with Gasteiger partial charge in [0.15, 0.2) is 0 Å². The van der Waals surface area contributed by atoms with Gasteiger partial charge in [-0.2, -0.15) is 0 Å². The van der Waals surface area contributed by atoms with E-state index in [0.717, 1.165) is 25.7 Å². The van der Waals surface area contributed by atoms with E-state index in [1.54, 1.807) is 0 Å². The molecule has 1 saturated carbocycles. The molecule has 0 aromatic heterocycles. The van der Waals surface area contributed by atoms with Crippen molar-refractivity contribution < 1.29 is 4.79 Å². The van der Waals surface area contributed by atoms with Crippen LogP contribution >= 0.6 is 0 Å². The smallest absolute Gasteiger partial charge is 0.223 e. The second-order valence-electron chi connectivity index (χ2n) is 7.31. The molecular weight excluding hydrogens is 236 g/mol. The number of nitrogens with two attached hydrogens (primary N) is 1. The number of unbranched alkanes of at least 4 members (excludes halogenated alkanes) is 1. The molecule has 0 spiro atoms. The Labute approximate surface area is 118 Å². The molecule has 1 fully saturated rings. The van der Waals surface area contributed by atoms with Crippen LogP contribution in [0.4, 0.5) is 0 Å². The van der Waals surface area contributed by atoms with Gasteiger partial charge in [0.2, 0.25) is 5.91 Å². The summed E-state index contributed by atoms with van der Waals surface area (Å²) < 4.78 is 0. The summed E-state index contributed by atoms with van der Waals surface area (Å²) in [6.07, 6.45) is 4.20. The fourth-order valence-electron chi connectivity index (χ4n) is 3.78. The zero-order valence-corrected chi connectivity index (χ0v) is 13.5. The van der Waals surface area contributed by atoms with E-state index in [1.165, 1.54) is 0 Å². The number of hydrogen-bond acceptors (Lipinski definition) is 2. The summed E-state index contributed by atoms with van der Waals surface area (Å²) in [5, 5.41) is 3.27. The van der Waals surface area contributed by atoms with Crippen LogP contribution < -0.4 is 11.1 Å². The predicted octanol–water partition coefficient (Wildman–Crippen LogP) is 3.08. The van der Waals surface area contributed by atoms with Crippen LogP contribution in [0.15, 0.2) is 0 Å². The van der Waals surface area contributed by atoms with Crippen LogP contribution in [0.2, 0.25) is 0 Å². The molecule has 0 aromatic carbocycles. The lowest BCUT2D eigenvalue weighted by molar-refractivity contribution is -0.136. The molecule has 19 heavy (non-hydrogen) atoms. The third-order valence-corrected chi connectivity index (χ3v) is 5.15. The summed E-state index contributed by atoms with van der Waals surface area (Å²) in [6, 6.07) is 0.319. The number of carbonyl (C=O) groups excluding carboxylic acids is 1. The highest BCUT2D eigenvalue weighted by atomic mass is 16.2. The molecular formula is C16H32N2O. The Morgan fingerprint density at radius 2 is 1.74 bits per heavy atom. The van der Waals surface area contributed by atoms with Crippen LogP contribution in [-0.2, 0) is 4.79 Å². The zero-order valence-electron chi connectivity index (χ0n) is 13.5. The quantitative estimate of drug-likeness (QED) is 0.778. The van der Waals surface area contributed by atoms with Gasteiger partial charge in [0, 0.05) is 28.8 Å². The average molecular weight is 268 g/mol. The SMILES string of the molecule is CCCCC(CC)C(=O)NC1C(C)(C)C(N)C1(C)C. The summed E-state index contributed by atoms with van der Waals surface area (Å²) in [4.78, 5) is 12.4. The maximum Gasteiger partial charge on any atom is 0.223 e. The van der Waals surface area contributed by atoms with E-state index in [0.29, 0.717) is 0 Å². The molecule has 0 saturated heterocycles. The molecule has 1 atom stereocenters. The zero-order chi connectivity index (χ0) is 14.8. The average Bonchev–Trinajstić information content (AvgIpc) is 2.35. The van der Waals surface area contributed by atoms with Crippen LogP contribution in [0.25, 0.3) is 0 Å². The first-order chi connectivity index (χ1) is 8.69. The molecule has 1 aliphatic rings. The standard InChI is InChI=1S/C16H32N2O/c1-7-9-10-11(8-2)12(19)18-14-15(3,4)13(17)16(14,5)6/h11,13-14H,7-10,17H2,1-6H3,(H,18,19). The molecule has 1 unspecified atom stereocenters. The van der Waals surface area contributed by atoms with Crippen molar-refractivity contribution in [2.24, 2.45) is 22.5 Å². The van der Waals surface area contributed by atoms with E-state index >= 15 is 0 Å². The number of rotatable bonds is 6. The van der Waals surface area contributed by atoms with Crippen molar-refractivity contribution in [2.75, 3.05) is 0 Å². The maximum absolute atomic E-state index is 12.4. The molecule has 3 N–H and O–H groups in total. The second-order valence-corrected chi connectivity index (χ2v) is 7.31. The fraction of sp³-hybridized carbons (Fsp3) is 0.938. The third kappa shape index (κ3) is 2.96. The van der Waals surface area contributed by atoms with E-state index in [4.69, 9.17) is 5.73 Å². The van der Waals surface area contributed by atoms with Crippen molar-refractivity contribution in [2.45, 2.75) is 79.3 Å². The number of carbonyl (C=O) groups is 1. The van der Waals surface area contributed by atoms with Crippen molar-refractivity contribution in [3.05, 3.63) is 0 Å². The highest BCUT2D eigenvalue weighted by Gasteiger charge is 2.60. The largest absolute Gasteiger partial charge is 0.352 e. The number of amides is 1. The molecule has 0 aliphatic heterocycles. The molecule has 112 valence electrons. The van der Waals surface area contributed by atoms with Gasteiger partial charge in [0.25, 0.3) is 0 Å². The van der Waals surface area contributed by atoms with E-state index in [1.807, 2.05) is 0 Å². The molecule has 0 radical (unpaired) electrons.